The lowest BCUT2D eigenvalue weighted by molar-refractivity contribution is -0.136. The van der Waals surface area contributed by atoms with Crippen molar-refractivity contribution in [3.63, 3.8) is 0 Å². The monoisotopic (exact) mass is 232 g/mol. The van der Waals surface area contributed by atoms with Crippen molar-refractivity contribution in [1.29, 1.82) is 0 Å². The summed E-state index contributed by atoms with van der Waals surface area (Å²) in [7, 11) is 1.62. The number of carboxylic acid groups (broad SMARTS) is 1. The standard InChI is InChI=1S/C13H12O3.CH4/c1-16-12-4-2-3-10-7-9(8-13(14)15)5-6-11(10)12;/h2-7H,8H2,1H3,(H,14,15);1H4. The molecule has 0 bridgehead atoms. The second kappa shape index (κ2) is 5.34. The zero-order valence-electron chi connectivity index (χ0n) is 8.93. The molecule has 0 saturated heterocycles. The molecule has 0 aromatic heterocycles. The molecular formula is C14H16O3. The van der Waals surface area contributed by atoms with Crippen LogP contribution in [0.25, 0.3) is 10.8 Å². The maximum absolute atomic E-state index is 10.6. The maximum Gasteiger partial charge on any atom is 0.307 e. The van der Waals surface area contributed by atoms with Gasteiger partial charge in [0.15, 0.2) is 0 Å². The molecule has 0 atom stereocenters. The van der Waals surface area contributed by atoms with Gasteiger partial charge in [-0.25, -0.2) is 0 Å². The second-order valence-electron chi connectivity index (χ2n) is 3.59. The minimum atomic E-state index is -0.817. The second-order valence-corrected chi connectivity index (χ2v) is 3.59. The van der Waals surface area contributed by atoms with Gasteiger partial charge < -0.3 is 9.84 Å². The summed E-state index contributed by atoms with van der Waals surface area (Å²) in [4.78, 5) is 10.6. The van der Waals surface area contributed by atoms with Crippen LogP contribution in [0.1, 0.15) is 13.0 Å². The number of hydrogen-bond acceptors (Lipinski definition) is 2. The van der Waals surface area contributed by atoms with Crippen molar-refractivity contribution in [2.75, 3.05) is 7.11 Å². The molecule has 1 N–H and O–H groups in total. The van der Waals surface area contributed by atoms with E-state index < -0.39 is 5.97 Å². The first kappa shape index (κ1) is 13.0. The smallest absolute Gasteiger partial charge is 0.307 e. The highest BCUT2D eigenvalue weighted by Gasteiger charge is 2.04. The molecule has 3 heteroatoms. The quantitative estimate of drug-likeness (QED) is 0.884. The summed E-state index contributed by atoms with van der Waals surface area (Å²) in [6.07, 6.45) is 0.0488. The Kier molecular flexibility index (Phi) is 4.10. The van der Waals surface area contributed by atoms with Gasteiger partial charge in [-0.1, -0.05) is 37.8 Å². The van der Waals surface area contributed by atoms with Crippen molar-refractivity contribution in [1.82, 2.24) is 0 Å². The van der Waals surface area contributed by atoms with Crippen LogP contribution in [-0.2, 0) is 11.2 Å². The molecule has 0 aliphatic rings. The van der Waals surface area contributed by atoms with Crippen molar-refractivity contribution in [3.05, 3.63) is 42.0 Å². The van der Waals surface area contributed by atoms with E-state index in [-0.39, 0.29) is 13.8 Å². The number of carbonyl (C=O) groups is 1. The average molecular weight is 232 g/mol. The number of fused-ring (bicyclic) bond motifs is 1. The van der Waals surface area contributed by atoms with Crippen molar-refractivity contribution in [3.8, 4) is 5.75 Å². The number of methoxy groups -OCH3 is 1. The van der Waals surface area contributed by atoms with Gasteiger partial charge in [0.05, 0.1) is 13.5 Å². The molecule has 17 heavy (non-hydrogen) atoms. The predicted octanol–water partition coefficient (Wildman–Crippen LogP) is 3.11. The van der Waals surface area contributed by atoms with E-state index in [2.05, 4.69) is 0 Å². The largest absolute Gasteiger partial charge is 0.496 e. The molecule has 0 amide bonds. The zero-order chi connectivity index (χ0) is 11.5. The van der Waals surface area contributed by atoms with Crippen molar-refractivity contribution >= 4 is 16.7 Å². The number of rotatable bonds is 3. The van der Waals surface area contributed by atoms with Gasteiger partial charge in [0, 0.05) is 5.39 Å². The first-order valence-corrected chi connectivity index (χ1v) is 4.98. The third kappa shape index (κ3) is 2.75. The van der Waals surface area contributed by atoms with E-state index in [1.165, 1.54) is 0 Å². The Morgan fingerprint density at radius 3 is 2.71 bits per heavy atom. The van der Waals surface area contributed by atoms with Crippen LogP contribution in [0.3, 0.4) is 0 Å². The lowest BCUT2D eigenvalue weighted by atomic mass is 10.0. The van der Waals surface area contributed by atoms with E-state index in [1.54, 1.807) is 7.11 Å². The summed E-state index contributed by atoms with van der Waals surface area (Å²) < 4.78 is 5.23. The minimum absolute atomic E-state index is 0. The number of aliphatic carboxylic acids is 1. The van der Waals surface area contributed by atoms with Crippen LogP contribution in [0.5, 0.6) is 5.75 Å². The lowest BCUT2D eigenvalue weighted by Gasteiger charge is -2.06. The summed E-state index contributed by atoms with van der Waals surface area (Å²) in [5.74, 6) is -0.0124. The Balaban J connectivity index is 0.00000144. The minimum Gasteiger partial charge on any atom is -0.496 e. The van der Waals surface area contributed by atoms with E-state index in [9.17, 15) is 4.79 Å². The molecule has 0 fully saturated rings. The van der Waals surface area contributed by atoms with Crippen LogP contribution in [-0.4, -0.2) is 18.2 Å². The number of hydrogen-bond donors (Lipinski definition) is 1. The van der Waals surface area contributed by atoms with Crippen LogP contribution >= 0.6 is 0 Å². The normalized spacial score (nSPS) is 9.71. The Hall–Kier alpha value is -2.03. The number of benzene rings is 2. The summed E-state index contributed by atoms with van der Waals surface area (Å²) >= 11 is 0. The molecule has 2 aromatic carbocycles. The fourth-order valence-electron chi connectivity index (χ4n) is 1.77. The molecule has 0 unspecified atom stereocenters. The van der Waals surface area contributed by atoms with Gasteiger partial charge in [0.25, 0.3) is 0 Å². The Labute approximate surface area is 101 Å². The Morgan fingerprint density at radius 2 is 2.06 bits per heavy atom. The molecule has 2 rings (SSSR count). The van der Waals surface area contributed by atoms with E-state index in [1.807, 2.05) is 36.4 Å². The summed E-state index contributed by atoms with van der Waals surface area (Å²) in [5, 5.41) is 10.7. The molecule has 0 saturated carbocycles. The molecule has 90 valence electrons. The van der Waals surface area contributed by atoms with Gasteiger partial charge in [-0.3, -0.25) is 4.79 Å². The van der Waals surface area contributed by atoms with Crippen molar-refractivity contribution in [2.45, 2.75) is 13.8 Å². The lowest BCUT2D eigenvalue weighted by Crippen LogP contribution is -1.99. The first-order chi connectivity index (χ1) is 7.70. The summed E-state index contributed by atoms with van der Waals surface area (Å²) in [5.41, 5.74) is 0.799. The van der Waals surface area contributed by atoms with Crippen LogP contribution < -0.4 is 4.74 Å². The van der Waals surface area contributed by atoms with Crippen LogP contribution in [0, 0.1) is 0 Å². The number of carboxylic acids is 1. The molecular weight excluding hydrogens is 216 g/mol. The maximum atomic E-state index is 10.6. The Bertz CT molecular complexity index is 532. The molecule has 0 radical (unpaired) electrons. The third-order valence-electron chi connectivity index (χ3n) is 2.48. The molecule has 0 aliphatic carbocycles. The molecule has 0 spiro atoms. The van der Waals surface area contributed by atoms with E-state index in [0.29, 0.717) is 0 Å². The van der Waals surface area contributed by atoms with E-state index in [4.69, 9.17) is 9.84 Å². The SMILES string of the molecule is C.COc1cccc2cc(CC(=O)O)ccc12. The summed E-state index contributed by atoms with van der Waals surface area (Å²) in [6.45, 7) is 0. The third-order valence-corrected chi connectivity index (χ3v) is 2.48. The highest BCUT2D eigenvalue weighted by molar-refractivity contribution is 5.89. The fraction of sp³-hybridized carbons (Fsp3) is 0.214. The molecule has 3 nitrogen and oxygen atoms in total. The zero-order valence-corrected chi connectivity index (χ0v) is 8.93. The average Bonchev–Trinajstić information content (AvgIpc) is 2.27. The van der Waals surface area contributed by atoms with E-state index in [0.717, 1.165) is 22.1 Å². The van der Waals surface area contributed by atoms with Crippen LogP contribution in [0.15, 0.2) is 36.4 Å². The van der Waals surface area contributed by atoms with Gasteiger partial charge in [-0.05, 0) is 17.0 Å². The number of ether oxygens (including phenoxy) is 1. The van der Waals surface area contributed by atoms with Crippen molar-refractivity contribution < 1.29 is 14.6 Å². The molecule has 0 aliphatic heterocycles. The van der Waals surface area contributed by atoms with Gasteiger partial charge in [0.1, 0.15) is 5.75 Å². The molecule has 0 heterocycles. The van der Waals surface area contributed by atoms with Crippen LogP contribution in [0.2, 0.25) is 0 Å². The Morgan fingerprint density at radius 1 is 1.29 bits per heavy atom. The van der Waals surface area contributed by atoms with Gasteiger partial charge in [-0.15, -0.1) is 0 Å². The highest BCUT2D eigenvalue weighted by atomic mass is 16.5. The fourth-order valence-corrected chi connectivity index (χ4v) is 1.77. The highest BCUT2D eigenvalue weighted by Crippen LogP contribution is 2.26. The van der Waals surface area contributed by atoms with Gasteiger partial charge >= 0.3 is 5.97 Å². The predicted molar refractivity (Wildman–Crippen MR) is 68.6 cm³/mol. The molecule has 2 aromatic rings. The van der Waals surface area contributed by atoms with Gasteiger partial charge in [0.2, 0.25) is 0 Å². The van der Waals surface area contributed by atoms with Gasteiger partial charge in [-0.2, -0.15) is 0 Å². The topological polar surface area (TPSA) is 46.5 Å². The first-order valence-electron chi connectivity index (χ1n) is 4.98. The van der Waals surface area contributed by atoms with E-state index >= 15 is 0 Å². The van der Waals surface area contributed by atoms with Crippen LogP contribution in [0.4, 0.5) is 0 Å². The summed E-state index contributed by atoms with van der Waals surface area (Å²) in [6, 6.07) is 11.3. The van der Waals surface area contributed by atoms with Crippen molar-refractivity contribution in [2.24, 2.45) is 0 Å².